The van der Waals surface area contributed by atoms with Crippen molar-refractivity contribution < 1.29 is 13.2 Å². The van der Waals surface area contributed by atoms with Crippen molar-refractivity contribution in [2.75, 3.05) is 12.8 Å². The molecule has 1 unspecified atom stereocenters. The molecule has 1 rings (SSSR count). The molecule has 1 atom stereocenters. The first-order chi connectivity index (χ1) is 10.6. The molecule has 128 valence electrons. The van der Waals surface area contributed by atoms with Crippen LogP contribution in [-0.2, 0) is 21.2 Å². The van der Waals surface area contributed by atoms with Crippen molar-refractivity contribution >= 4 is 27.3 Å². The molecule has 0 bridgehead atoms. The van der Waals surface area contributed by atoms with Crippen LogP contribution in [-0.4, -0.2) is 37.4 Å². The van der Waals surface area contributed by atoms with Gasteiger partial charge in [-0.1, -0.05) is 32.1 Å². The monoisotopic (exact) mass is 357 g/mol. The summed E-state index contributed by atoms with van der Waals surface area (Å²) in [5.74, 6) is 0.231. The number of nitrogens with zero attached hydrogens (tertiary/aromatic N) is 1. The minimum atomic E-state index is -3.21. The van der Waals surface area contributed by atoms with Gasteiger partial charge < -0.3 is 4.90 Å². The Morgan fingerprint density at radius 2 is 1.78 bits per heavy atom. The number of halogens is 1. The van der Waals surface area contributed by atoms with E-state index in [1.54, 1.807) is 42.2 Å². The van der Waals surface area contributed by atoms with Gasteiger partial charge in [-0.05, 0) is 30.5 Å². The number of amides is 1. The Morgan fingerprint density at radius 3 is 2.22 bits per heavy atom. The van der Waals surface area contributed by atoms with Crippen molar-refractivity contribution in [2.45, 2.75) is 37.6 Å². The van der Waals surface area contributed by atoms with Crippen LogP contribution in [0.3, 0.4) is 0 Å². The summed E-state index contributed by atoms with van der Waals surface area (Å²) in [6.07, 6.45) is 4.32. The van der Waals surface area contributed by atoms with Crippen LogP contribution in [0.15, 0.2) is 41.3 Å². The molecule has 0 spiro atoms. The maximum atomic E-state index is 12.3. The van der Waals surface area contributed by atoms with Gasteiger partial charge in [0.1, 0.15) is 0 Å². The molecule has 4 nitrogen and oxygen atoms in total. The Bertz CT molecular complexity index is 649. The molecule has 0 saturated carbocycles. The molecular weight excluding hydrogens is 334 g/mol. The first-order valence-corrected chi connectivity index (χ1v) is 9.82. The summed E-state index contributed by atoms with van der Waals surface area (Å²) in [6, 6.07) is 6.62. The van der Waals surface area contributed by atoms with Crippen LogP contribution in [0.2, 0.25) is 0 Å². The zero-order valence-electron chi connectivity index (χ0n) is 14.0. The Kier molecular flexibility index (Phi) is 7.29. The summed E-state index contributed by atoms with van der Waals surface area (Å²) >= 11 is 5.84. The fourth-order valence-corrected chi connectivity index (χ4v) is 2.76. The van der Waals surface area contributed by atoms with Crippen molar-refractivity contribution in [3.05, 3.63) is 42.0 Å². The van der Waals surface area contributed by atoms with Gasteiger partial charge in [0.25, 0.3) is 0 Å². The van der Waals surface area contributed by atoms with E-state index in [1.165, 1.54) is 12.3 Å². The predicted octanol–water partition coefficient (Wildman–Crippen LogP) is 3.26. The lowest BCUT2D eigenvalue weighted by Crippen LogP contribution is -2.32. The molecule has 0 aliphatic rings. The lowest BCUT2D eigenvalue weighted by molar-refractivity contribution is -0.127. The van der Waals surface area contributed by atoms with Gasteiger partial charge >= 0.3 is 0 Å². The number of benzene rings is 1. The van der Waals surface area contributed by atoms with Gasteiger partial charge in [0.15, 0.2) is 9.84 Å². The summed E-state index contributed by atoms with van der Waals surface area (Å²) in [4.78, 5) is 14.3. The molecule has 0 heterocycles. The first kappa shape index (κ1) is 19.7. The Morgan fingerprint density at radius 1 is 1.22 bits per heavy atom. The first-order valence-electron chi connectivity index (χ1n) is 7.49. The van der Waals surface area contributed by atoms with Crippen molar-refractivity contribution in [3.63, 3.8) is 0 Å². The molecule has 0 aliphatic heterocycles. The second kappa shape index (κ2) is 8.50. The van der Waals surface area contributed by atoms with Crippen molar-refractivity contribution in [1.29, 1.82) is 0 Å². The molecule has 6 heteroatoms. The number of carbonyl (C=O) groups is 1. The minimum Gasteiger partial charge on any atom is -0.335 e. The van der Waals surface area contributed by atoms with Crippen LogP contribution >= 0.6 is 11.6 Å². The predicted molar refractivity (Wildman–Crippen MR) is 94.3 cm³/mol. The molecule has 1 aromatic carbocycles. The summed E-state index contributed by atoms with van der Waals surface area (Å²) in [5.41, 5.74) is 0.888. The third kappa shape index (κ3) is 7.18. The summed E-state index contributed by atoms with van der Waals surface area (Å²) in [6.45, 7) is 6.93. The molecule has 0 fully saturated rings. The molecular formula is C17H24ClNO3S. The van der Waals surface area contributed by atoms with Gasteiger partial charge in [0, 0.05) is 30.8 Å². The average molecular weight is 358 g/mol. The SMILES string of the molecule is CC(Cl)/C=C/C(=O)N(Cc1ccc(S(C)(=O)=O)cc1)CC(C)C. The Hall–Kier alpha value is -1.33. The van der Waals surface area contributed by atoms with Crippen LogP contribution in [0.4, 0.5) is 0 Å². The Labute approximate surface area is 144 Å². The normalized spacial score (nSPS) is 13.5. The van der Waals surface area contributed by atoms with Gasteiger partial charge in [0.05, 0.1) is 4.90 Å². The van der Waals surface area contributed by atoms with Crippen LogP contribution in [0, 0.1) is 5.92 Å². The number of alkyl halides is 1. The second-order valence-electron chi connectivity index (χ2n) is 6.07. The zero-order chi connectivity index (χ0) is 17.6. The Balaban J connectivity index is 2.91. The van der Waals surface area contributed by atoms with E-state index < -0.39 is 9.84 Å². The molecule has 0 aliphatic carbocycles. The largest absolute Gasteiger partial charge is 0.335 e. The quantitative estimate of drug-likeness (QED) is 0.556. The molecule has 1 aromatic rings. The van der Waals surface area contributed by atoms with Gasteiger partial charge in [-0.15, -0.1) is 11.6 Å². The molecule has 0 aromatic heterocycles. The number of allylic oxidation sites excluding steroid dienone is 1. The van der Waals surface area contributed by atoms with Gasteiger partial charge in [-0.3, -0.25) is 4.79 Å². The highest BCUT2D eigenvalue weighted by molar-refractivity contribution is 7.90. The summed E-state index contributed by atoms with van der Waals surface area (Å²) in [5, 5.41) is -0.200. The van der Waals surface area contributed by atoms with Crippen LogP contribution in [0.5, 0.6) is 0 Å². The van der Waals surface area contributed by atoms with Gasteiger partial charge in [-0.25, -0.2) is 8.42 Å². The van der Waals surface area contributed by atoms with Gasteiger partial charge in [0.2, 0.25) is 5.91 Å². The van der Waals surface area contributed by atoms with Crippen LogP contribution in [0.1, 0.15) is 26.3 Å². The summed E-state index contributed by atoms with van der Waals surface area (Å²) in [7, 11) is -3.21. The third-order valence-electron chi connectivity index (χ3n) is 3.13. The standard InChI is InChI=1S/C17H24ClNO3S/c1-13(2)11-19(17(20)10-5-14(3)18)12-15-6-8-16(9-7-15)23(4,21)22/h5-10,13-14H,11-12H2,1-4H3/b10-5+. The smallest absolute Gasteiger partial charge is 0.246 e. The fraction of sp³-hybridized carbons (Fsp3) is 0.471. The van der Waals surface area contributed by atoms with E-state index in [-0.39, 0.29) is 16.2 Å². The second-order valence-corrected chi connectivity index (χ2v) is 8.77. The van der Waals surface area contributed by atoms with Crippen molar-refractivity contribution in [2.24, 2.45) is 5.92 Å². The maximum Gasteiger partial charge on any atom is 0.246 e. The minimum absolute atomic E-state index is 0.0987. The van der Waals surface area contributed by atoms with E-state index in [9.17, 15) is 13.2 Å². The topological polar surface area (TPSA) is 54.5 Å². The number of rotatable bonds is 7. The highest BCUT2D eigenvalue weighted by Gasteiger charge is 2.14. The molecule has 0 saturated heterocycles. The number of hydrogen-bond donors (Lipinski definition) is 0. The van der Waals surface area contributed by atoms with Crippen molar-refractivity contribution in [3.8, 4) is 0 Å². The van der Waals surface area contributed by atoms with Gasteiger partial charge in [-0.2, -0.15) is 0 Å². The highest BCUT2D eigenvalue weighted by atomic mass is 35.5. The van der Waals surface area contributed by atoms with E-state index in [4.69, 9.17) is 11.6 Å². The van der Waals surface area contributed by atoms with E-state index in [0.717, 1.165) is 5.56 Å². The van der Waals surface area contributed by atoms with E-state index >= 15 is 0 Å². The van der Waals surface area contributed by atoms with E-state index in [1.807, 2.05) is 13.8 Å². The molecule has 0 radical (unpaired) electrons. The zero-order valence-corrected chi connectivity index (χ0v) is 15.6. The lowest BCUT2D eigenvalue weighted by Gasteiger charge is -2.23. The number of hydrogen-bond acceptors (Lipinski definition) is 3. The van der Waals surface area contributed by atoms with E-state index in [0.29, 0.717) is 19.0 Å². The molecule has 0 N–H and O–H groups in total. The van der Waals surface area contributed by atoms with Crippen molar-refractivity contribution in [1.82, 2.24) is 4.90 Å². The fourth-order valence-electron chi connectivity index (χ4n) is 2.06. The molecule has 1 amide bonds. The third-order valence-corrected chi connectivity index (χ3v) is 4.40. The van der Waals surface area contributed by atoms with Crippen LogP contribution < -0.4 is 0 Å². The van der Waals surface area contributed by atoms with Crippen LogP contribution in [0.25, 0.3) is 0 Å². The summed E-state index contributed by atoms with van der Waals surface area (Å²) < 4.78 is 23.0. The lowest BCUT2D eigenvalue weighted by atomic mass is 10.1. The maximum absolute atomic E-state index is 12.3. The average Bonchev–Trinajstić information content (AvgIpc) is 2.43. The van der Waals surface area contributed by atoms with E-state index in [2.05, 4.69) is 0 Å². The number of carbonyl (C=O) groups excluding carboxylic acids is 1. The number of sulfone groups is 1. The highest BCUT2D eigenvalue weighted by Crippen LogP contribution is 2.13. The molecule has 23 heavy (non-hydrogen) atoms.